The summed E-state index contributed by atoms with van der Waals surface area (Å²) in [5.74, 6) is 0.656. The predicted octanol–water partition coefficient (Wildman–Crippen LogP) is 3.70. The molecule has 5 heteroatoms. The van der Waals surface area contributed by atoms with Gasteiger partial charge >= 0.3 is 0 Å². The highest BCUT2D eigenvalue weighted by Crippen LogP contribution is 2.20. The first-order chi connectivity index (χ1) is 8.22. The summed E-state index contributed by atoms with van der Waals surface area (Å²) in [7, 11) is 0. The van der Waals surface area contributed by atoms with Crippen LogP contribution in [0.4, 0.5) is 0 Å². The Morgan fingerprint density at radius 2 is 1.71 bits per heavy atom. The maximum atomic E-state index is 5.90. The fourth-order valence-electron chi connectivity index (χ4n) is 1.58. The molecule has 0 unspecified atom stereocenters. The maximum Gasteiger partial charge on any atom is 0.182 e. The van der Waals surface area contributed by atoms with Crippen LogP contribution in [0.5, 0.6) is 0 Å². The topological polar surface area (TPSA) is 30.2 Å². The van der Waals surface area contributed by atoms with Crippen molar-refractivity contribution in [3.8, 4) is 11.4 Å². The van der Waals surface area contributed by atoms with Gasteiger partial charge in [-0.2, -0.15) is 0 Å². The van der Waals surface area contributed by atoms with Crippen LogP contribution in [0, 0.1) is 0 Å². The molecule has 0 aliphatic heterocycles. The summed E-state index contributed by atoms with van der Waals surface area (Å²) >= 11 is 11.7. The minimum atomic E-state index is 0.646. The van der Waals surface area contributed by atoms with Crippen LogP contribution in [-0.2, 0) is 0 Å². The highest BCUT2D eigenvalue weighted by Gasteiger charge is 2.06. The quantitative estimate of drug-likeness (QED) is 0.670. The Morgan fingerprint density at radius 1 is 0.941 bits per heavy atom. The van der Waals surface area contributed by atoms with E-state index in [9.17, 15) is 0 Å². The van der Waals surface area contributed by atoms with E-state index in [0.717, 1.165) is 11.2 Å². The number of benzene rings is 1. The second-order valence-corrected chi connectivity index (χ2v) is 4.46. The highest BCUT2D eigenvalue weighted by molar-refractivity contribution is 6.31. The molecule has 2 heterocycles. The summed E-state index contributed by atoms with van der Waals surface area (Å²) < 4.78 is 1.69. The summed E-state index contributed by atoms with van der Waals surface area (Å²) in [5.41, 5.74) is 1.65. The highest BCUT2D eigenvalue weighted by atomic mass is 35.5. The number of aromatic nitrogens is 3. The van der Waals surface area contributed by atoms with Gasteiger partial charge in [0, 0.05) is 27.9 Å². The van der Waals surface area contributed by atoms with Gasteiger partial charge in [-0.15, -0.1) is 5.10 Å². The van der Waals surface area contributed by atoms with E-state index in [1.54, 1.807) is 22.8 Å². The van der Waals surface area contributed by atoms with Crippen LogP contribution in [0.2, 0.25) is 10.0 Å². The van der Waals surface area contributed by atoms with Gasteiger partial charge in [-0.1, -0.05) is 23.2 Å². The molecule has 0 radical (unpaired) electrons. The van der Waals surface area contributed by atoms with Crippen LogP contribution in [0.3, 0.4) is 0 Å². The van der Waals surface area contributed by atoms with Crippen LogP contribution in [0.25, 0.3) is 17.0 Å². The normalized spacial score (nSPS) is 10.9. The van der Waals surface area contributed by atoms with Crippen molar-refractivity contribution in [2.24, 2.45) is 0 Å². The Bertz CT molecular complexity index is 674. The molecule has 0 spiro atoms. The van der Waals surface area contributed by atoms with Gasteiger partial charge in [-0.3, -0.25) is 0 Å². The molecule has 3 aromatic rings. The first-order valence-electron chi connectivity index (χ1n) is 5.00. The molecule has 0 saturated carbocycles. The lowest BCUT2D eigenvalue weighted by Gasteiger charge is -1.93. The zero-order chi connectivity index (χ0) is 11.8. The first kappa shape index (κ1) is 10.6. The van der Waals surface area contributed by atoms with E-state index in [-0.39, 0.29) is 0 Å². The molecule has 0 N–H and O–H groups in total. The summed E-state index contributed by atoms with van der Waals surface area (Å²) in [4.78, 5) is 4.40. The number of pyridine rings is 1. The molecular formula is C12H7Cl2N3. The molecule has 2 aromatic heterocycles. The smallest absolute Gasteiger partial charge is 0.182 e. The van der Waals surface area contributed by atoms with Gasteiger partial charge in [0.25, 0.3) is 0 Å². The van der Waals surface area contributed by atoms with Crippen LogP contribution >= 0.6 is 23.2 Å². The molecular weight excluding hydrogens is 257 g/mol. The van der Waals surface area contributed by atoms with Gasteiger partial charge in [-0.05, 0) is 30.3 Å². The number of hydrogen-bond donors (Lipinski definition) is 0. The average Bonchev–Trinajstić information content (AvgIpc) is 2.72. The number of fused-ring (bicyclic) bond motifs is 1. The molecule has 17 heavy (non-hydrogen) atoms. The van der Waals surface area contributed by atoms with Crippen molar-refractivity contribution in [2.75, 3.05) is 0 Å². The number of nitrogens with zero attached hydrogens (tertiary/aromatic N) is 3. The molecule has 84 valence electrons. The van der Waals surface area contributed by atoms with Gasteiger partial charge in [0.05, 0.1) is 0 Å². The van der Waals surface area contributed by atoms with Crippen LogP contribution in [0.1, 0.15) is 0 Å². The second-order valence-electron chi connectivity index (χ2n) is 3.59. The van der Waals surface area contributed by atoms with Crippen LogP contribution in [0.15, 0.2) is 42.6 Å². The first-order valence-corrected chi connectivity index (χ1v) is 5.76. The molecule has 0 aliphatic carbocycles. The van der Waals surface area contributed by atoms with Crippen molar-refractivity contribution >= 4 is 28.8 Å². The molecule has 0 bridgehead atoms. The standard InChI is InChI=1S/C12H7Cl2N3/c13-9-3-1-8(2-4-9)12-15-11-7-10(14)5-6-17(11)16-12/h1-7H. The summed E-state index contributed by atoms with van der Waals surface area (Å²) in [6, 6.07) is 10.9. The number of halogens is 2. The summed E-state index contributed by atoms with van der Waals surface area (Å²) in [5, 5.41) is 5.70. The van der Waals surface area contributed by atoms with Crippen molar-refractivity contribution < 1.29 is 0 Å². The van der Waals surface area contributed by atoms with E-state index >= 15 is 0 Å². The van der Waals surface area contributed by atoms with Crippen molar-refractivity contribution in [3.63, 3.8) is 0 Å². The lowest BCUT2D eigenvalue weighted by Crippen LogP contribution is -1.85. The van der Waals surface area contributed by atoms with Crippen LogP contribution < -0.4 is 0 Å². The Labute approximate surface area is 108 Å². The van der Waals surface area contributed by atoms with Gasteiger partial charge in [0.15, 0.2) is 11.5 Å². The zero-order valence-electron chi connectivity index (χ0n) is 8.64. The van der Waals surface area contributed by atoms with Crippen molar-refractivity contribution in [2.45, 2.75) is 0 Å². The fraction of sp³-hybridized carbons (Fsp3) is 0. The molecule has 0 fully saturated rings. The lowest BCUT2D eigenvalue weighted by molar-refractivity contribution is 0.966. The predicted molar refractivity (Wildman–Crippen MR) is 68.4 cm³/mol. The van der Waals surface area contributed by atoms with Gasteiger partial charge in [0.1, 0.15) is 0 Å². The zero-order valence-corrected chi connectivity index (χ0v) is 10.2. The maximum absolute atomic E-state index is 5.90. The SMILES string of the molecule is Clc1ccc(-c2nc3cc(Cl)ccn3n2)cc1. The molecule has 0 atom stereocenters. The minimum Gasteiger partial charge on any atom is -0.220 e. The Morgan fingerprint density at radius 3 is 2.47 bits per heavy atom. The summed E-state index contributed by atoms with van der Waals surface area (Å²) in [6.07, 6.45) is 1.78. The molecule has 3 rings (SSSR count). The van der Waals surface area contributed by atoms with Crippen molar-refractivity contribution in [1.82, 2.24) is 14.6 Å². The number of rotatable bonds is 1. The van der Waals surface area contributed by atoms with Gasteiger partial charge in [-0.25, -0.2) is 9.50 Å². The molecule has 1 aromatic carbocycles. The Balaban J connectivity index is 2.14. The van der Waals surface area contributed by atoms with Gasteiger partial charge in [0.2, 0.25) is 0 Å². The lowest BCUT2D eigenvalue weighted by atomic mass is 10.2. The van der Waals surface area contributed by atoms with E-state index in [4.69, 9.17) is 23.2 Å². The average molecular weight is 264 g/mol. The fourth-order valence-corrected chi connectivity index (χ4v) is 1.86. The van der Waals surface area contributed by atoms with E-state index in [2.05, 4.69) is 10.1 Å². The Kier molecular flexibility index (Phi) is 2.50. The second kappa shape index (κ2) is 4.02. The monoisotopic (exact) mass is 263 g/mol. The minimum absolute atomic E-state index is 0.646. The third-order valence-corrected chi connectivity index (χ3v) is 2.89. The number of hydrogen-bond acceptors (Lipinski definition) is 2. The largest absolute Gasteiger partial charge is 0.220 e. The van der Waals surface area contributed by atoms with E-state index in [1.165, 1.54) is 0 Å². The van der Waals surface area contributed by atoms with Crippen molar-refractivity contribution in [1.29, 1.82) is 0 Å². The molecule has 3 nitrogen and oxygen atoms in total. The molecule has 0 saturated heterocycles. The molecule has 0 aliphatic rings. The van der Waals surface area contributed by atoms with Crippen molar-refractivity contribution in [3.05, 3.63) is 52.6 Å². The van der Waals surface area contributed by atoms with Gasteiger partial charge < -0.3 is 0 Å². The Hall–Kier alpha value is -1.58. The molecule has 0 amide bonds. The third-order valence-electron chi connectivity index (χ3n) is 2.40. The van der Waals surface area contributed by atoms with E-state index < -0.39 is 0 Å². The summed E-state index contributed by atoms with van der Waals surface area (Å²) in [6.45, 7) is 0. The van der Waals surface area contributed by atoms with E-state index in [1.807, 2.05) is 24.3 Å². The third kappa shape index (κ3) is 1.99. The van der Waals surface area contributed by atoms with Crippen LogP contribution in [-0.4, -0.2) is 14.6 Å². The van der Waals surface area contributed by atoms with E-state index in [0.29, 0.717) is 15.9 Å².